The molecule has 348 valence electrons. The Morgan fingerprint density at radius 3 is 1.70 bits per heavy atom. The molecule has 0 radical (unpaired) electrons. The van der Waals surface area contributed by atoms with Crippen LogP contribution in [0.4, 0.5) is 0 Å². The molecule has 0 amide bonds. The Balaban J connectivity index is 0.00000909. The van der Waals surface area contributed by atoms with Crippen LogP contribution < -0.4 is 0 Å². The summed E-state index contributed by atoms with van der Waals surface area (Å²) in [6, 6.07) is 34.8. The minimum absolute atomic E-state index is 0. The van der Waals surface area contributed by atoms with Gasteiger partial charge in [-0.1, -0.05) is 84.7 Å². The van der Waals surface area contributed by atoms with Crippen molar-refractivity contribution in [2.75, 3.05) is 0 Å². The number of furan rings is 1. The molecule has 0 atom stereocenters. The molecule has 0 N–H and O–H groups in total. The Hall–Kier alpha value is -6.51. The van der Waals surface area contributed by atoms with Crippen molar-refractivity contribution < 1.29 is 53.3 Å². The molecule has 2 aliphatic carbocycles. The maximum atomic E-state index is 9.94. The van der Waals surface area contributed by atoms with Crippen LogP contribution in [0.5, 0.6) is 0 Å². The SMILES string of the molecule is [2H]c1cc2c(oc3c(-c4cc(C([2H])([2H])[2H])c(C([2H])([2H])C([2H])([2H])c5cc(C([2H])([2H])C([2H])([2H])c6cnc(-c7[c-]cccc7)cc6C6([2H])CCCC6)cc(C([2H])([2H])C([2H])([2H])c6cnc(-c7[c-]cccc7)cc6C6([2H])CCCC6)c5)cn4)[c-]ccc32)c(C([2H])([2H])[2H])c1C#N.[Ir+3]. The fraction of sp³-hybridized carbons (Fsp3) is 0.281. The Labute approximate surface area is 456 Å². The van der Waals surface area contributed by atoms with Crippen molar-refractivity contribution in [1.29, 1.82) is 5.26 Å². The van der Waals surface area contributed by atoms with Crippen molar-refractivity contribution >= 4 is 21.9 Å². The molecule has 4 heterocycles. The van der Waals surface area contributed by atoms with E-state index in [4.69, 9.17) is 14.0 Å². The summed E-state index contributed by atoms with van der Waals surface area (Å²) >= 11 is 0. The molecule has 0 unspecified atom stereocenters. The molecular weight excluding hydrogens is 1030 g/mol. The number of rotatable bonds is 14. The topological polar surface area (TPSA) is 75.6 Å². The van der Waals surface area contributed by atoms with Gasteiger partial charge in [-0.25, -0.2) is 0 Å². The Kier molecular flexibility index (Phi) is 8.60. The number of nitriles is 1. The maximum Gasteiger partial charge on any atom is 3.00 e. The van der Waals surface area contributed by atoms with Gasteiger partial charge in [0, 0.05) is 57.0 Å². The predicted octanol–water partition coefficient (Wildman–Crippen LogP) is 15.3. The van der Waals surface area contributed by atoms with Gasteiger partial charge in [0.25, 0.3) is 0 Å². The van der Waals surface area contributed by atoms with Gasteiger partial charge in [0.2, 0.25) is 0 Å². The summed E-state index contributed by atoms with van der Waals surface area (Å²) < 4.78 is 204. The molecule has 2 fully saturated rings. The van der Waals surface area contributed by atoms with E-state index in [-0.39, 0.29) is 101 Å². The quantitative estimate of drug-likeness (QED) is 0.101. The van der Waals surface area contributed by atoms with Crippen LogP contribution in [0.3, 0.4) is 0 Å². The van der Waals surface area contributed by atoms with Crippen molar-refractivity contribution in [2.45, 2.75) is 115 Å². The van der Waals surface area contributed by atoms with Crippen LogP contribution in [-0.2, 0) is 58.3 Å². The molecule has 6 heteroatoms. The third-order valence-corrected chi connectivity index (χ3v) is 12.7. The van der Waals surface area contributed by atoms with Crippen LogP contribution in [0.2, 0.25) is 0 Å². The number of hydrogen-bond donors (Lipinski definition) is 0. The van der Waals surface area contributed by atoms with Crippen LogP contribution >= 0.6 is 0 Å². The van der Waals surface area contributed by atoms with Crippen LogP contribution in [-0.4, -0.2) is 15.0 Å². The van der Waals surface area contributed by atoms with Gasteiger partial charge in [0.15, 0.2) is 0 Å². The number of aryl methyl sites for hydroxylation is 8. The number of fused-ring (bicyclic) bond motifs is 3. The minimum Gasteiger partial charge on any atom is -0.500 e. The van der Waals surface area contributed by atoms with Crippen LogP contribution in [0.25, 0.3) is 55.7 Å². The van der Waals surface area contributed by atoms with E-state index < -0.39 is 109 Å². The first-order chi connectivity index (χ1) is 42.0. The summed E-state index contributed by atoms with van der Waals surface area (Å²) in [5, 5.41) is 10.3. The molecule has 11 rings (SSSR count). The van der Waals surface area contributed by atoms with E-state index in [0.29, 0.717) is 48.2 Å². The Bertz CT molecular complexity index is 4170. The molecular formula is C64H57IrN4O. The van der Waals surface area contributed by atoms with Crippen LogP contribution in [0.1, 0.15) is 153 Å². The largest absolute Gasteiger partial charge is 3.00 e. The summed E-state index contributed by atoms with van der Waals surface area (Å²) in [6.07, 6.45) is -13.8. The van der Waals surface area contributed by atoms with Gasteiger partial charge in [-0.15, -0.1) is 90.0 Å². The van der Waals surface area contributed by atoms with Gasteiger partial charge in [-0.2, -0.15) is 5.26 Å². The van der Waals surface area contributed by atoms with E-state index in [9.17, 15) is 24.5 Å². The Morgan fingerprint density at radius 1 is 0.629 bits per heavy atom. The van der Waals surface area contributed by atoms with E-state index in [1.54, 1.807) is 54.6 Å². The summed E-state index contributed by atoms with van der Waals surface area (Å²) in [7, 11) is 0. The third kappa shape index (κ3) is 9.93. The zero-order valence-corrected chi connectivity index (χ0v) is 40.1. The van der Waals surface area contributed by atoms with E-state index in [1.165, 1.54) is 30.3 Å². The maximum absolute atomic E-state index is 9.94. The number of benzene rings is 5. The molecule has 2 saturated carbocycles. The van der Waals surface area contributed by atoms with Crippen molar-refractivity contribution in [2.24, 2.45) is 0 Å². The second-order valence-electron chi connectivity index (χ2n) is 17.2. The molecule has 0 bridgehead atoms. The molecule has 0 aliphatic heterocycles. The van der Waals surface area contributed by atoms with Gasteiger partial charge in [-0.05, 0) is 157 Å². The first kappa shape index (κ1) is 28.4. The van der Waals surface area contributed by atoms with Gasteiger partial charge >= 0.3 is 20.1 Å². The molecule has 5 aromatic carbocycles. The van der Waals surface area contributed by atoms with Crippen molar-refractivity contribution in [3.63, 3.8) is 0 Å². The third-order valence-electron chi connectivity index (χ3n) is 12.7. The van der Waals surface area contributed by atoms with E-state index in [2.05, 4.69) is 33.2 Å². The number of nitrogens with zero attached hydrogens (tertiary/aromatic N) is 4. The fourth-order valence-electron chi connectivity index (χ4n) is 9.21. The summed E-state index contributed by atoms with van der Waals surface area (Å²) in [4.78, 5) is 13.5. The molecule has 5 nitrogen and oxygen atoms in total. The molecule has 0 saturated heterocycles. The van der Waals surface area contributed by atoms with E-state index in [1.807, 2.05) is 0 Å². The fourth-order valence-corrected chi connectivity index (χ4v) is 9.21. The van der Waals surface area contributed by atoms with E-state index in [0.717, 1.165) is 42.9 Å². The predicted molar refractivity (Wildman–Crippen MR) is 278 cm³/mol. The molecule has 9 aromatic rings. The van der Waals surface area contributed by atoms with Crippen LogP contribution in [0, 0.1) is 43.2 Å². The monoisotopic (exact) mass is 1110 g/mol. The van der Waals surface area contributed by atoms with Gasteiger partial charge in [0.05, 0.1) is 18.6 Å². The normalized spacial score (nSPS) is 21.0. The zero-order valence-electron chi connectivity index (χ0n) is 58.7. The van der Waals surface area contributed by atoms with Gasteiger partial charge < -0.3 is 19.4 Å². The number of aromatic nitrogens is 3. The standard InChI is InChI=1S/C64H57N4O.Ir/c1-42-32-62(57-23-13-22-55-56-31-30-51(38-65)43(2)63(56)69-64(55)57)68-39-52(42)27-24-44-33-45(25-28-53-40-66-60(49-18-5-3-6-19-49)36-58(53)47-14-9-10-15-47)35-46(34-44)26-29-54-41-67-61(50-20-7-4-8-21-50)37-59(54)48-16-11-12-17-48;/h3-8,13,18,20,22,30-37,39-41,47-48H,9-12,14-17,24-29H2,1-2H3;/q-3;+3/i1D3,2D3,24D2,25D2,26D2,27D2,28D2,29D2,30D,47D,48D;. The van der Waals surface area contributed by atoms with Crippen molar-refractivity contribution in [3.05, 3.63) is 207 Å². The summed E-state index contributed by atoms with van der Waals surface area (Å²) in [6.45, 7) is -6.21. The average Bonchev–Trinajstić information content (AvgIpc) is 1.76. The molecule has 0 spiro atoms. The van der Waals surface area contributed by atoms with E-state index >= 15 is 0 Å². The first-order valence-corrected chi connectivity index (χ1v) is 23.0. The Morgan fingerprint density at radius 2 is 1.17 bits per heavy atom. The minimum atomic E-state index is -3.58. The number of hydrogen-bond acceptors (Lipinski definition) is 5. The molecule has 70 heavy (non-hydrogen) atoms. The molecule has 4 aromatic heterocycles. The second kappa shape index (κ2) is 21.2. The first-order valence-electron chi connectivity index (χ1n) is 33.5. The molecule has 2 aliphatic rings. The number of pyridine rings is 3. The second-order valence-corrected chi connectivity index (χ2v) is 17.2. The average molecular weight is 1110 g/mol. The van der Waals surface area contributed by atoms with Gasteiger partial charge in [-0.3, -0.25) is 0 Å². The van der Waals surface area contributed by atoms with Gasteiger partial charge in [0.1, 0.15) is 5.58 Å². The smallest absolute Gasteiger partial charge is 0.500 e. The summed E-state index contributed by atoms with van der Waals surface area (Å²) in [5.74, 6) is -2.88. The zero-order chi connectivity index (χ0) is 65.2. The van der Waals surface area contributed by atoms with Crippen LogP contribution in [0.15, 0.2) is 132 Å². The van der Waals surface area contributed by atoms with Crippen molar-refractivity contribution in [3.8, 4) is 39.8 Å². The van der Waals surface area contributed by atoms with Crippen molar-refractivity contribution in [1.82, 2.24) is 15.0 Å². The summed E-state index contributed by atoms with van der Waals surface area (Å²) in [5.41, 5.74) is -4.62.